The van der Waals surface area contributed by atoms with Crippen LogP contribution in [0.15, 0.2) is 46.1 Å². The van der Waals surface area contributed by atoms with Crippen LogP contribution >= 0.6 is 0 Å². The Balaban J connectivity index is 1.90. The summed E-state index contributed by atoms with van der Waals surface area (Å²) in [6.07, 6.45) is 1.69. The second-order valence-corrected chi connectivity index (χ2v) is 5.79. The number of aliphatic imine (C=N–C) groups is 2. The molecule has 2 aliphatic rings. The lowest BCUT2D eigenvalue weighted by atomic mass is 9.96. The molecule has 0 atom stereocenters. The Hall–Kier alpha value is -2.27. The van der Waals surface area contributed by atoms with E-state index in [1.165, 1.54) is 0 Å². The smallest absolute Gasteiger partial charge is 0.348 e. The first-order valence-electron chi connectivity index (χ1n) is 6.83. The minimum Gasteiger partial charge on any atom is -0.386 e. The van der Waals surface area contributed by atoms with E-state index in [2.05, 4.69) is 9.98 Å². The largest absolute Gasteiger partial charge is 0.386 e. The Morgan fingerprint density at radius 3 is 2.52 bits per heavy atom. The van der Waals surface area contributed by atoms with Gasteiger partial charge in [-0.05, 0) is 31.9 Å². The van der Waals surface area contributed by atoms with Crippen LogP contribution in [0.5, 0.6) is 0 Å². The van der Waals surface area contributed by atoms with Crippen LogP contribution < -0.4 is 0 Å². The van der Waals surface area contributed by atoms with Crippen LogP contribution in [0.3, 0.4) is 0 Å². The number of aliphatic hydroxyl groups is 1. The van der Waals surface area contributed by atoms with Crippen LogP contribution in [0.25, 0.3) is 0 Å². The SMILES string of the molecule is CC1=NC(=O)N2CC(c3ccc(C(C)(C)O)cc3)=NC=C12. The van der Waals surface area contributed by atoms with E-state index >= 15 is 0 Å². The standard InChI is InChI=1S/C16H17N3O2/c1-10-14-8-17-13(9-19(14)15(20)18-10)11-4-6-12(7-5-11)16(2,3)21/h4-8,21H,9H2,1-3H3. The number of carbonyl (C=O) groups excluding carboxylic acids is 1. The number of rotatable bonds is 2. The zero-order valence-electron chi connectivity index (χ0n) is 12.3. The lowest BCUT2D eigenvalue weighted by Gasteiger charge is -2.22. The van der Waals surface area contributed by atoms with Gasteiger partial charge in [-0.15, -0.1) is 0 Å². The molecule has 0 saturated carbocycles. The average molecular weight is 283 g/mol. The van der Waals surface area contributed by atoms with Gasteiger partial charge in [-0.2, -0.15) is 4.99 Å². The zero-order chi connectivity index (χ0) is 15.2. The van der Waals surface area contributed by atoms with Gasteiger partial charge in [0, 0.05) is 0 Å². The molecular formula is C16H17N3O2. The van der Waals surface area contributed by atoms with Crippen molar-refractivity contribution in [1.29, 1.82) is 0 Å². The molecule has 1 aromatic carbocycles. The fraction of sp³-hybridized carbons (Fsp3) is 0.312. The monoisotopic (exact) mass is 283 g/mol. The number of urea groups is 1. The predicted molar refractivity (Wildman–Crippen MR) is 81.5 cm³/mol. The third-order valence-electron chi connectivity index (χ3n) is 3.73. The molecule has 0 aliphatic carbocycles. The number of hydrogen-bond donors (Lipinski definition) is 1. The summed E-state index contributed by atoms with van der Waals surface area (Å²) in [4.78, 5) is 21.8. The lowest BCUT2D eigenvalue weighted by Crippen LogP contribution is -2.33. The first-order valence-corrected chi connectivity index (χ1v) is 6.83. The summed E-state index contributed by atoms with van der Waals surface area (Å²) in [7, 11) is 0. The molecule has 21 heavy (non-hydrogen) atoms. The molecular weight excluding hydrogens is 266 g/mol. The van der Waals surface area contributed by atoms with Gasteiger partial charge in [-0.3, -0.25) is 9.89 Å². The lowest BCUT2D eigenvalue weighted by molar-refractivity contribution is 0.0786. The Labute approximate surface area is 123 Å². The van der Waals surface area contributed by atoms with Crippen molar-refractivity contribution in [1.82, 2.24) is 4.90 Å². The van der Waals surface area contributed by atoms with Crippen molar-refractivity contribution in [3.8, 4) is 0 Å². The van der Waals surface area contributed by atoms with Gasteiger partial charge < -0.3 is 5.11 Å². The Bertz CT molecular complexity index is 691. The van der Waals surface area contributed by atoms with Crippen molar-refractivity contribution in [2.45, 2.75) is 26.4 Å². The number of amides is 2. The fourth-order valence-electron chi connectivity index (χ4n) is 2.44. The van der Waals surface area contributed by atoms with E-state index in [-0.39, 0.29) is 6.03 Å². The molecule has 2 heterocycles. The molecule has 0 radical (unpaired) electrons. The summed E-state index contributed by atoms with van der Waals surface area (Å²) in [6, 6.07) is 7.35. The van der Waals surface area contributed by atoms with Gasteiger partial charge in [0.25, 0.3) is 0 Å². The Morgan fingerprint density at radius 1 is 1.24 bits per heavy atom. The highest BCUT2D eigenvalue weighted by molar-refractivity contribution is 6.15. The van der Waals surface area contributed by atoms with Crippen molar-refractivity contribution >= 4 is 17.5 Å². The summed E-state index contributed by atoms with van der Waals surface area (Å²) in [5, 5.41) is 9.97. The van der Waals surface area contributed by atoms with Crippen LogP contribution in [0, 0.1) is 0 Å². The highest BCUT2D eigenvalue weighted by Gasteiger charge is 2.30. The second-order valence-electron chi connectivity index (χ2n) is 5.79. The maximum absolute atomic E-state index is 11.8. The average Bonchev–Trinajstić information content (AvgIpc) is 2.73. The Morgan fingerprint density at radius 2 is 1.90 bits per heavy atom. The quantitative estimate of drug-likeness (QED) is 0.906. The molecule has 0 spiro atoms. The number of carbonyl (C=O) groups is 1. The topological polar surface area (TPSA) is 65.3 Å². The van der Waals surface area contributed by atoms with Gasteiger partial charge in [-0.1, -0.05) is 24.3 Å². The highest BCUT2D eigenvalue weighted by atomic mass is 16.3. The molecule has 3 rings (SSSR count). The van der Waals surface area contributed by atoms with E-state index in [4.69, 9.17) is 0 Å². The fourth-order valence-corrected chi connectivity index (χ4v) is 2.44. The minimum absolute atomic E-state index is 0.237. The number of allylic oxidation sites excluding steroid dienone is 1. The zero-order valence-corrected chi connectivity index (χ0v) is 12.3. The van der Waals surface area contributed by atoms with Crippen molar-refractivity contribution in [2.75, 3.05) is 6.54 Å². The van der Waals surface area contributed by atoms with E-state index in [0.717, 1.165) is 22.5 Å². The minimum atomic E-state index is -0.865. The first kappa shape index (κ1) is 13.7. The number of nitrogens with zero attached hydrogens (tertiary/aromatic N) is 3. The van der Waals surface area contributed by atoms with Crippen molar-refractivity contribution in [2.24, 2.45) is 9.98 Å². The second kappa shape index (κ2) is 4.63. The van der Waals surface area contributed by atoms with Gasteiger partial charge in [0.1, 0.15) is 0 Å². The van der Waals surface area contributed by atoms with E-state index in [1.54, 1.807) is 24.9 Å². The van der Waals surface area contributed by atoms with Crippen LogP contribution in [0.1, 0.15) is 31.9 Å². The third-order valence-corrected chi connectivity index (χ3v) is 3.73. The normalized spacial score (nSPS) is 18.2. The van der Waals surface area contributed by atoms with Crippen LogP contribution in [0.2, 0.25) is 0 Å². The summed E-state index contributed by atoms with van der Waals surface area (Å²) in [6.45, 7) is 5.73. The third kappa shape index (κ3) is 2.40. The summed E-state index contributed by atoms with van der Waals surface area (Å²) in [5.74, 6) is 0. The summed E-state index contributed by atoms with van der Waals surface area (Å²) < 4.78 is 0. The molecule has 2 amide bonds. The van der Waals surface area contributed by atoms with Crippen molar-refractivity contribution in [3.05, 3.63) is 47.3 Å². The molecule has 0 unspecified atom stereocenters. The van der Waals surface area contributed by atoms with Crippen LogP contribution in [-0.2, 0) is 5.60 Å². The molecule has 0 fully saturated rings. The number of benzene rings is 1. The number of hydrogen-bond acceptors (Lipinski definition) is 3. The van der Waals surface area contributed by atoms with Crippen LogP contribution in [-0.4, -0.2) is 34.0 Å². The molecule has 1 aromatic rings. The van der Waals surface area contributed by atoms with E-state index in [9.17, 15) is 9.90 Å². The summed E-state index contributed by atoms with van der Waals surface area (Å²) >= 11 is 0. The van der Waals surface area contributed by atoms with Crippen LogP contribution in [0.4, 0.5) is 4.79 Å². The maximum atomic E-state index is 11.8. The summed E-state index contributed by atoms with van der Waals surface area (Å²) in [5.41, 5.74) is 3.22. The van der Waals surface area contributed by atoms with Gasteiger partial charge in [0.15, 0.2) is 0 Å². The first-order chi connectivity index (χ1) is 9.86. The van der Waals surface area contributed by atoms with Gasteiger partial charge in [0.2, 0.25) is 0 Å². The van der Waals surface area contributed by atoms with Gasteiger partial charge in [0.05, 0.1) is 35.5 Å². The van der Waals surface area contributed by atoms with Gasteiger partial charge in [-0.25, -0.2) is 4.79 Å². The molecule has 2 aliphatic heterocycles. The molecule has 0 bridgehead atoms. The van der Waals surface area contributed by atoms with E-state index < -0.39 is 5.60 Å². The molecule has 0 saturated heterocycles. The molecule has 108 valence electrons. The molecule has 1 N–H and O–H groups in total. The van der Waals surface area contributed by atoms with E-state index in [1.807, 2.05) is 31.2 Å². The molecule has 5 heteroatoms. The predicted octanol–water partition coefficient (Wildman–Crippen LogP) is 2.45. The molecule has 5 nitrogen and oxygen atoms in total. The Kier molecular flexibility index (Phi) is 3.02. The van der Waals surface area contributed by atoms with E-state index in [0.29, 0.717) is 12.3 Å². The number of fused-ring (bicyclic) bond motifs is 1. The van der Waals surface area contributed by atoms with Gasteiger partial charge >= 0.3 is 6.03 Å². The maximum Gasteiger partial charge on any atom is 0.348 e. The van der Waals surface area contributed by atoms with Crippen molar-refractivity contribution < 1.29 is 9.90 Å². The highest BCUT2D eigenvalue weighted by Crippen LogP contribution is 2.24. The van der Waals surface area contributed by atoms with Crippen molar-refractivity contribution in [3.63, 3.8) is 0 Å². The molecule has 0 aromatic heterocycles.